The summed E-state index contributed by atoms with van der Waals surface area (Å²) in [7, 11) is 0. The smallest absolute Gasteiger partial charge is 0.252 e. The molecule has 1 amide bonds. The first kappa shape index (κ1) is 26.9. The molecular weight excluding hydrogens is 492 g/mol. The van der Waals surface area contributed by atoms with Gasteiger partial charge in [-0.2, -0.15) is 0 Å². The Hall–Kier alpha value is -3.69. The van der Waals surface area contributed by atoms with Crippen LogP contribution in [-0.4, -0.2) is 84.6 Å². The van der Waals surface area contributed by atoms with Crippen molar-refractivity contribution < 1.29 is 9.53 Å². The number of aromatic amines is 1. The van der Waals surface area contributed by atoms with Crippen molar-refractivity contribution in [2.24, 2.45) is 0 Å². The molecule has 0 bridgehead atoms. The van der Waals surface area contributed by atoms with Crippen molar-refractivity contribution in [2.45, 2.75) is 27.0 Å². The quantitative estimate of drug-likeness (QED) is 0.479. The molecule has 0 radical (unpaired) electrons. The lowest BCUT2D eigenvalue weighted by molar-refractivity contribution is -0.136. The predicted molar refractivity (Wildman–Crippen MR) is 153 cm³/mol. The van der Waals surface area contributed by atoms with Gasteiger partial charge in [-0.25, -0.2) is 4.98 Å². The van der Waals surface area contributed by atoms with E-state index in [2.05, 4.69) is 51.7 Å². The number of rotatable bonds is 8. The normalized spacial score (nSPS) is 16.5. The van der Waals surface area contributed by atoms with E-state index in [0.29, 0.717) is 45.3 Å². The van der Waals surface area contributed by atoms with E-state index in [1.807, 2.05) is 35.2 Å². The number of carbonyl (C=O) groups is 1. The summed E-state index contributed by atoms with van der Waals surface area (Å²) in [6.07, 6.45) is 0. The number of anilines is 2. The summed E-state index contributed by atoms with van der Waals surface area (Å²) < 4.78 is 5.62. The van der Waals surface area contributed by atoms with Gasteiger partial charge in [0.05, 0.1) is 12.3 Å². The fraction of sp³-hybridized carbons (Fsp3) is 0.433. The number of nitrogens with one attached hydrogen (secondary N) is 1. The summed E-state index contributed by atoms with van der Waals surface area (Å²) >= 11 is 0. The SMILES string of the molecule is Cc1ccc(N2CCN(Cc3cc(=O)[nH]c(N4CCN(C(=O)COCc5ccccc5)CC4)n3)CC2)cc1C. The molecule has 3 aromatic rings. The van der Waals surface area contributed by atoms with Crippen LogP contribution < -0.4 is 15.4 Å². The van der Waals surface area contributed by atoms with Crippen LogP contribution in [0.4, 0.5) is 11.6 Å². The monoisotopic (exact) mass is 530 g/mol. The van der Waals surface area contributed by atoms with Gasteiger partial charge in [0.1, 0.15) is 6.61 Å². The molecule has 1 aromatic heterocycles. The number of H-pyrrole nitrogens is 1. The number of carbonyl (C=O) groups excluding carboxylic acids is 1. The number of nitrogens with zero attached hydrogens (tertiary/aromatic N) is 5. The lowest BCUT2D eigenvalue weighted by Gasteiger charge is -2.36. The second-order valence-electron chi connectivity index (χ2n) is 10.4. The number of benzene rings is 2. The largest absolute Gasteiger partial charge is 0.369 e. The molecule has 2 saturated heterocycles. The van der Waals surface area contributed by atoms with E-state index in [9.17, 15) is 9.59 Å². The van der Waals surface area contributed by atoms with Gasteiger partial charge in [0.15, 0.2) is 0 Å². The minimum absolute atomic E-state index is 0.0132. The molecule has 2 fully saturated rings. The number of piperazine rings is 2. The third kappa shape index (κ3) is 7.04. The maximum absolute atomic E-state index is 12.6. The Morgan fingerprint density at radius 3 is 2.31 bits per heavy atom. The van der Waals surface area contributed by atoms with Crippen molar-refractivity contribution in [3.8, 4) is 0 Å². The third-order valence-electron chi connectivity index (χ3n) is 7.66. The molecule has 1 N–H and O–H groups in total. The summed E-state index contributed by atoms with van der Waals surface area (Å²) in [6, 6.07) is 18.1. The van der Waals surface area contributed by atoms with Crippen molar-refractivity contribution in [1.29, 1.82) is 0 Å². The van der Waals surface area contributed by atoms with Gasteiger partial charge in [-0.15, -0.1) is 0 Å². The van der Waals surface area contributed by atoms with E-state index in [1.54, 1.807) is 6.07 Å². The topological polar surface area (TPSA) is 85.0 Å². The van der Waals surface area contributed by atoms with E-state index >= 15 is 0 Å². The van der Waals surface area contributed by atoms with Crippen LogP contribution in [0.2, 0.25) is 0 Å². The number of ether oxygens (including phenoxy) is 1. The van der Waals surface area contributed by atoms with Crippen LogP contribution in [0.25, 0.3) is 0 Å². The molecule has 0 unspecified atom stereocenters. The van der Waals surface area contributed by atoms with Crippen LogP contribution in [0.5, 0.6) is 0 Å². The van der Waals surface area contributed by atoms with E-state index in [-0.39, 0.29) is 18.1 Å². The van der Waals surface area contributed by atoms with Crippen molar-refractivity contribution >= 4 is 17.5 Å². The molecule has 0 saturated carbocycles. The zero-order valence-electron chi connectivity index (χ0n) is 22.9. The predicted octanol–water partition coefficient (Wildman–Crippen LogP) is 2.57. The first-order valence-corrected chi connectivity index (χ1v) is 13.7. The molecule has 9 heteroatoms. The van der Waals surface area contributed by atoms with Gasteiger partial charge in [-0.05, 0) is 42.7 Å². The van der Waals surface area contributed by atoms with Gasteiger partial charge in [-0.3, -0.25) is 19.5 Å². The first-order chi connectivity index (χ1) is 18.9. The zero-order valence-corrected chi connectivity index (χ0v) is 22.9. The highest BCUT2D eigenvalue weighted by Gasteiger charge is 2.24. The van der Waals surface area contributed by atoms with Gasteiger partial charge in [0.25, 0.3) is 5.56 Å². The number of aromatic nitrogens is 2. The Balaban J connectivity index is 1.10. The molecule has 39 heavy (non-hydrogen) atoms. The van der Waals surface area contributed by atoms with E-state index in [0.717, 1.165) is 37.4 Å². The zero-order chi connectivity index (χ0) is 27.2. The molecule has 0 aliphatic carbocycles. The van der Waals surface area contributed by atoms with Crippen LogP contribution >= 0.6 is 0 Å². The van der Waals surface area contributed by atoms with Crippen molar-refractivity contribution in [1.82, 2.24) is 19.8 Å². The molecule has 206 valence electrons. The summed E-state index contributed by atoms with van der Waals surface area (Å²) in [5.41, 5.74) is 5.59. The highest BCUT2D eigenvalue weighted by Crippen LogP contribution is 2.21. The molecule has 2 aliphatic rings. The van der Waals surface area contributed by atoms with Gasteiger partial charge >= 0.3 is 0 Å². The fourth-order valence-electron chi connectivity index (χ4n) is 5.13. The van der Waals surface area contributed by atoms with E-state index in [4.69, 9.17) is 9.72 Å². The lowest BCUT2D eigenvalue weighted by atomic mass is 10.1. The molecule has 2 aliphatic heterocycles. The molecule has 3 heterocycles. The molecule has 2 aromatic carbocycles. The molecule has 5 rings (SSSR count). The lowest BCUT2D eigenvalue weighted by Crippen LogP contribution is -2.50. The van der Waals surface area contributed by atoms with Gasteiger partial charge in [0, 0.05) is 70.7 Å². The maximum Gasteiger partial charge on any atom is 0.252 e. The number of hydrogen-bond donors (Lipinski definition) is 1. The van der Waals surface area contributed by atoms with Crippen molar-refractivity contribution in [3.05, 3.63) is 87.3 Å². The van der Waals surface area contributed by atoms with E-state index < -0.39 is 0 Å². The minimum atomic E-state index is -0.142. The summed E-state index contributed by atoms with van der Waals surface area (Å²) in [5, 5.41) is 0. The molecule has 9 nitrogen and oxygen atoms in total. The van der Waals surface area contributed by atoms with Gasteiger partial charge in [-0.1, -0.05) is 36.4 Å². The minimum Gasteiger partial charge on any atom is -0.369 e. The number of aryl methyl sites for hydroxylation is 2. The van der Waals surface area contributed by atoms with Crippen LogP contribution in [0.15, 0.2) is 59.4 Å². The Labute approximate surface area is 230 Å². The van der Waals surface area contributed by atoms with Crippen LogP contribution in [-0.2, 0) is 22.7 Å². The highest BCUT2D eigenvalue weighted by molar-refractivity contribution is 5.77. The summed E-state index contributed by atoms with van der Waals surface area (Å²) in [4.78, 5) is 41.4. The highest BCUT2D eigenvalue weighted by atomic mass is 16.5. The average Bonchev–Trinajstić information content (AvgIpc) is 2.95. The van der Waals surface area contributed by atoms with Gasteiger partial charge < -0.3 is 19.4 Å². The standard InChI is InChI=1S/C30H38N6O3/c1-23-8-9-27(18-24(23)2)34-12-10-33(11-13-34)20-26-19-28(37)32-30(31-26)36-16-14-35(15-17-36)29(38)22-39-21-25-6-4-3-5-7-25/h3-9,18-19H,10-17,20-22H2,1-2H3,(H,31,32,37). The summed E-state index contributed by atoms with van der Waals surface area (Å²) in [5.74, 6) is 0.569. The maximum atomic E-state index is 12.6. The average molecular weight is 531 g/mol. The molecule has 0 atom stereocenters. The summed E-state index contributed by atoms with van der Waals surface area (Å²) in [6.45, 7) is 11.5. The third-order valence-corrected chi connectivity index (χ3v) is 7.66. The van der Waals surface area contributed by atoms with E-state index in [1.165, 1.54) is 16.8 Å². The van der Waals surface area contributed by atoms with Crippen LogP contribution in [0.3, 0.4) is 0 Å². The van der Waals surface area contributed by atoms with Crippen molar-refractivity contribution in [3.63, 3.8) is 0 Å². The second-order valence-corrected chi connectivity index (χ2v) is 10.4. The molecule has 0 spiro atoms. The van der Waals surface area contributed by atoms with Crippen LogP contribution in [0.1, 0.15) is 22.4 Å². The number of amides is 1. The molecular formula is C30H38N6O3. The Kier molecular flexibility index (Phi) is 8.58. The van der Waals surface area contributed by atoms with Crippen molar-refractivity contribution in [2.75, 3.05) is 68.8 Å². The van der Waals surface area contributed by atoms with Gasteiger partial charge in [0.2, 0.25) is 11.9 Å². The Morgan fingerprint density at radius 1 is 0.872 bits per heavy atom. The van der Waals surface area contributed by atoms with Crippen LogP contribution in [0, 0.1) is 13.8 Å². The number of hydrogen-bond acceptors (Lipinski definition) is 7. The fourth-order valence-corrected chi connectivity index (χ4v) is 5.13. The second kappa shape index (κ2) is 12.4. The Bertz CT molecular complexity index is 1310. The Morgan fingerprint density at radius 2 is 1.59 bits per heavy atom. The first-order valence-electron chi connectivity index (χ1n) is 13.7.